The largest absolute Gasteiger partial charge is 0.465 e. The van der Waals surface area contributed by atoms with Gasteiger partial charge in [0, 0.05) is 12.1 Å². The maximum Gasteiger partial charge on any atom is 0.404 e. The second-order valence-corrected chi connectivity index (χ2v) is 3.47. The van der Waals surface area contributed by atoms with Gasteiger partial charge in [-0.1, -0.05) is 29.4 Å². The van der Waals surface area contributed by atoms with Gasteiger partial charge in [0.05, 0.1) is 13.2 Å². The van der Waals surface area contributed by atoms with Gasteiger partial charge in [-0.25, -0.2) is 4.79 Å². The number of nitrogens with zero attached hydrogens (tertiary/aromatic N) is 1. The number of amidine groups is 1. The third-order valence-corrected chi connectivity index (χ3v) is 2.15. The highest BCUT2D eigenvalue weighted by Gasteiger charge is 1.99. The molecule has 0 fully saturated rings. The van der Waals surface area contributed by atoms with Crippen LogP contribution in [0.25, 0.3) is 0 Å². The summed E-state index contributed by atoms with van der Waals surface area (Å²) >= 11 is 0. The third-order valence-electron chi connectivity index (χ3n) is 2.15. The first-order valence-electron chi connectivity index (χ1n) is 5.25. The number of hydrogen-bond acceptors (Lipinski definition) is 4. The van der Waals surface area contributed by atoms with E-state index in [9.17, 15) is 4.79 Å². The zero-order chi connectivity index (χ0) is 13.4. The van der Waals surface area contributed by atoms with Gasteiger partial charge in [-0.15, -0.1) is 0 Å². The monoisotopic (exact) mass is 253 g/mol. The van der Waals surface area contributed by atoms with Gasteiger partial charge in [-0.3, -0.25) is 0 Å². The molecule has 18 heavy (non-hydrogen) atoms. The molecule has 7 heteroatoms. The molecule has 5 N–H and O–H groups in total. The Labute approximate surface area is 104 Å². The van der Waals surface area contributed by atoms with Gasteiger partial charge in [0.15, 0.2) is 5.84 Å². The Morgan fingerprint density at radius 1 is 1.39 bits per heavy atom. The summed E-state index contributed by atoms with van der Waals surface area (Å²) in [5.74, 6) is 0.0492. The van der Waals surface area contributed by atoms with Gasteiger partial charge < -0.3 is 26.1 Å². The lowest BCUT2D eigenvalue weighted by atomic mass is 10.1. The number of nitrogens with two attached hydrogens (primary N) is 1. The van der Waals surface area contributed by atoms with Crippen molar-refractivity contribution in [1.82, 2.24) is 5.32 Å². The average molecular weight is 253 g/mol. The molecule has 1 rings (SSSR count). The summed E-state index contributed by atoms with van der Waals surface area (Å²) in [4.78, 5) is 10.2. The molecule has 1 aromatic carbocycles. The van der Waals surface area contributed by atoms with Crippen LogP contribution in [0.3, 0.4) is 0 Å². The first-order chi connectivity index (χ1) is 8.63. The van der Waals surface area contributed by atoms with E-state index in [1.807, 2.05) is 0 Å². The smallest absolute Gasteiger partial charge is 0.404 e. The van der Waals surface area contributed by atoms with Gasteiger partial charge in [-0.2, -0.15) is 0 Å². The second kappa shape index (κ2) is 7.13. The fourth-order valence-electron chi connectivity index (χ4n) is 1.25. The molecule has 7 nitrogen and oxygen atoms in total. The van der Waals surface area contributed by atoms with Crippen molar-refractivity contribution in [2.45, 2.75) is 6.61 Å². The lowest BCUT2D eigenvalue weighted by Gasteiger charge is -2.05. The van der Waals surface area contributed by atoms with Gasteiger partial charge in [-0.05, 0) is 5.56 Å². The normalized spacial score (nSPS) is 11.2. The van der Waals surface area contributed by atoms with Crippen LogP contribution >= 0.6 is 0 Å². The maximum absolute atomic E-state index is 10.2. The zero-order valence-electron chi connectivity index (χ0n) is 9.67. The van der Waals surface area contributed by atoms with Crippen molar-refractivity contribution in [2.75, 3.05) is 13.2 Å². The molecule has 1 aromatic rings. The van der Waals surface area contributed by atoms with Crippen molar-refractivity contribution in [3.8, 4) is 0 Å². The molecule has 1 amide bonds. The number of benzene rings is 1. The summed E-state index contributed by atoms with van der Waals surface area (Å²) in [5, 5.41) is 21.9. The zero-order valence-corrected chi connectivity index (χ0v) is 9.67. The predicted octanol–water partition coefficient (Wildman–Crippen LogP) is 0.565. The number of carboxylic acid groups (broad SMARTS) is 1. The van der Waals surface area contributed by atoms with Crippen LogP contribution in [0.4, 0.5) is 4.79 Å². The quantitative estimate of drug-likeness (QED) is 0.194. The molecule has 0 radical (unpaired) electrons. The van der Waals surface area contributed by atoms with Crippen LogP contribution in [0.2, 0.25) is 0 Å². The lowest BCUT2D eigenvalue weighted by Crippen LogP contribution is -2.25. The van der Waals surface area contributed by atoms with Crippen LogP contribution in [-0.4, -0.2) is 35.4 Å². The van der Waals surface area contributed by atoms with Crippen LogP contribution in [0.1, 0.15) is 11.1 Å². The molecule has 0 aliphatic carbocycles. The fourth-order valence-corrected chi connectivity index (χ4v) is 1.25. The second-order valence-electron chi connectivity index (χ2n) is 3.47. The topological polar surface area (TPSA) is 117 Å². The van der Waals surface area contributed by atoms with E-state index in [-0.39, 0.29) is 12.4 Å². The van der Waals surface area contributed by atoms with E-state index in [1.54, 1.807) is 24.3 Å². The van der Waals surface area contributed by atoms with Gasteiger partial charge in [0.1, 0.15) is 0 Å². The number of hydrogen-bond donors (Lipinski definition) is 4. The predicted molar refractivity (Wildman–Crippen MR) is 64.6 cm³/mol. The van der Waals surface area contributed by atoms with Crippen molar-refractivity contribution >= 4 is 11.9 Å². The van der Waals surface area contributed by atoms with Crippen molar-refractivity contribution in [3.05, 3.63) is 35.4 Å². The standard InChI is InChI=1S/C11H15N3O4/c12-10(14-17)9-3-1-8(2-4-9)7-18-6-5-13-11(15)16/h1-4,13,17H,5-7H2,(H2,12,14)(H,15,16). The summed E-state index contributed by atoms with van der Waals surface area (Å²) in [5.41, 5.74) is 6.95. The Balaban J connectivity index is 2.33. The summed E-state index contributed by atoms with van der Waals surface area (Å²) in [7, 11) is 0. The summed E-state index contributed by atoms with van der Waals surface area (Å²) in [6, 6.07) is 7.00. The van der Waals surface area contributed by atoms with Gasteiger partial charge >= 0.3 is 6.09 Å². The molecular formula is C11H15N3O4. The lowest BCUT2D eigenvalue weighted by molar-refractivity contribution is 0.120. The molecule has 0 atom stereocenters. The molecule has 0 heterocycles. The number of carbonyl (C=O) groups is 1. The fraction of sp³-hybridized carbons (Fsp3) is 0.273. The Hall–Kier alpha value is -2.28. The Bertz CT molecular complexity index is 417. The molecule has 0 aliphatic heterocycles. The molecule has 0 spiro atoms. The average Bonchev–Trinajstić information content (AvgIpc) is 2.38. The van der Waals surface area contributed by atoms with Crippen molar-refractivity contribution in [1.29, 1.82) is 0 Å². The molecule has 0 saturated carbocycles. The summed E-state index contributed by atoms with van der Waals surface area (Å²) in [6.45, 7) is 0.920. The number of rotatable bonds is 6. The van der Waals surface area contributed by atoms with Crippen LogP contribution in [0, 0.1) is 0 Å². The molecule has 0 bridgehead atoms. The molecule has 0 saturated heterocycles. The van der Waals surface area contributed by atoms with E-state index in [2.05, 4.69) is 10.5 Å². The number of oxime groups is 1. The van der Waals surface area contributed by atoms with E-state index < -0.39 is 6.09 Å². The molecule has 98 valence electrons. The maximum atomic E-state index is 10.2. The van der Waals surface area contributed by atoms with Crippen LogP contribution < -0.4 is 11.1 Å². The minimum absolute atomic E-state index is 0.0492. The van der Waals surface area contributed by atoms with Crippen molar-refractivity contribution in [3.63, 3.8) is 0 Å². The van der Waals surface area contributed by atoms with Crippen molar-refractivity contribution < 1.29 is 19.8 Å². The highest BCUT2D eigenvalue weighted by atomic mass is 16.5. The molecular weight excluding hydrogens is 238 g/mol. The Kier molecular flexibility index (Phi) is 5.46. The SMILES string of the molecule is NC(=NO)c1ccc(COCCNC(=O)O)cc1. The van der Waals surface area contributed by atoms with Gasteiger partial charge in [0.25, 0.3) is 0 Å². The van der Waals surface area contributed by atoms with E-state index >= 15 is 0 Å². The Morgan fingerprint density at radius 3 is 2.61 bits per heavy atom. The molecule has 0 aromatic heterocycles. The molecule has 0 unspecified atom stereocenters. The van der Waals surface area contributed by atoms with Crippen LogP contribution in [0.5, 0.6) is 0 Å². The minimum Gasteiger partial charge on any atom is -0.465 e. The van der Waals surface area contributed by atoms with Crippen LogP contribution in [-0.2, 0) is 11.3 Å². The number of ether oxygens (including phenoxy) is 1. The van der Waals surface area contributed by atoms with Gasteiger partial charge in [0.2, 0.25) is 0 Å². The summed E-state index contributed by atoms with van der Waals surface area (Å²) < 4.78 is 5.26. The number of amides is 1. The third kappa shape index (κ3) is 4.71. The van der Waals surface area contributed by atoms with E-state index in [0.717, 1.165) is 5.56 Å². The van der Waals surface area contributed by atoms with E-state index in [0.29, 0.717) is 18.8 Å². The minimum atomic E-state index is -1.07. The van der Waals surface area contributed by atoms with E-state index in [1.165, 1.54) is 0 Å². The first-order valence-corrected chi connectivity index (χ1v) is 5.25. The number of nitrogens with one attached hydrogen (secondary N) is 1. The van der Waals surface area contributed by atoms with Crippen LogP contribution in [0.15, 0.2) is 29.4 Å². The molecule has 0 aliphatic rings. The highest BCUT2D eigenvalue weighted by Crippen LogP contribution is 2.05. The first kappa shape index (κ1) is 13.8. The summed E-state index contributed by atoms with van der Waals surface area (Å²) in [6.07, 6.45) is -1.07. The highest BCUT2D eigenvalue weighted by molar-refractivity contribution is 5.96. The Morgan fingerprint density at radius 2 is 2.06 bits per heavy atom. The van der Waals surface area contributed by atoms with E-state index in [4.69, 9.17) is 20.8 Å². The van der Waals surface area contributed by atoms with Crippen molar-refractivity contribution in [2.24, 2.45) is 10.9 Å².